The molecule has 1 aromatic rings. The molecule has 27 heavy (non-hydrogen) atoms. The van der Waals surface area contributed by atoms with Crippen molar-refractivity contribution in [3.63, 3.8) is 0 Å². The van der Waals surface area contributed by atoms with Crippen molar-refractivity contribution in [2.45, 2.75) is 19.8 Å². The molecular formula is C20H29N3O4. The minimum Gasteiger partial charge on any atom is -0.492 e. The molecule has 1 aromatic carbocycles. The van der Waals surface area contributed by atoms with Gasteiger partial charge in [0.05, 0.1) is 19.8 Å². The summed E-state index contributed by atoms with van der Waals surface area (Å²) in [6.45, 7) is 6.75. The van der Waals surface area contributed by atoms with Crippen molar-refractivity contribution in [1.29, 1.82) is 0 Å². The number of likely N-dealkylation sites (tertiary alicyclic amines) is 1. The highest BCUT2D eigenvalue weighted by molar-refractivity contribution is 5.80. The molecule has 2 aliphatic heterocycles. The molecule has 2 heterocycles. The molecular weight excluding hydrogens is 346 g/mol. The predicted octanol–water partition coefficient (Wildman–Crippen LogP) is 1.65. The zero-order valence-corrected chi connectivity index (χ0v) is 16.0. The van der Waals surface area contributed by atoms with E-state index < -0.39 is 0 Å². The first-order valence-electron chi connectivity index (χ1n) is 9.72. The summed E-state index contributed by atoms with van der Waals surface area (Å²) < 4.78 is 10.9. The van der Waals surface area contributed by atoms with Gasteiger partial charge in [0.2, 0.25) is 5.91 Å². The number of aryl methyl sites for hydroxylation is 1. The van der Waals surface area contributed by atoms with Crippen LogP contribution in [-0.4, -0.2) is 74.3 Å². The third-order valence-electron chi connectivity index (χ3n) is 5.09. The lowest BCUT2D eigenvalue weighted by atomic mass is 9.95. The van der Waals surface area contributed by atoms with Crippen molar-refractivity contribution in [2.75, 3.05) is 52.5 Å². The molecule has 2 aliphatic rings. The van der Waals surface area contributed by atoms with Gasteiger partial charge in [-0.3, -0.25) is 4.79 Å². The van der Waals surface area contributed by atoms with Gasteiger partial charge in [0, 0.05) is 32.1 Å². The summed E-state index contributed by atoms with van der Waals surface area (Å²) in [5.74, 6) is 1.05. The molecule has 7 nitrogen and oxygen atoms in total. The number of carbonyl (C=O) groups excluding carboxylic acids is 2. The van der Waals surface area contributed by atoms with Crippen LogP contribution in [-0.2, 0) is 9.53 Å². The molecule has 0 atom stereocenters. The van der Waals surface area contributed by atoms with Gasteiger partial charge in [-0.05, 0) is 37.5 Å². The molecule has 0 radical (unpaired) electrons. The molecule has 0 spiro atoms. The lowest BCUT2D eigenvalue weighted by molar-refractivity contribution is -0.141. The molecule has 2 fully saturated rings. The highest BCUT2D eigenvalue weighted by atomic mass is 16.5. The lowest BCUT2D eigenvalue weighted by Crippen LogP contribution is -2.49. The number of hydrogen-bond acceptors (Lipinski definition) is 4. The van der Waals surface area contributed by atoms with E-state index in [0.717, 1.165) is 24.2 Å². The Kier molecular flexibility index (Phi) is 6.92. The first-order chi connectivity index (χ1) is 13.1. The van der Waals surface area contributed by atoms with Crippen molar-refractivity contribution in [3.8, 4) is 5.75 Å². The Balaban J connectivity index is 1.34. The van der Waals surface area contributed by atoms with Crippen molar-refractivity contribution in [2.24, 2.45) is 5.92 Å². The lowest BCUT2D eigenvalue weighted by Gasteiger charge is -2.35. The van der Waals surface area contributed by atoms with Crippen molar-refractivity contribution < 1.29 is 19.1 Å². The Morgan fingerprint density at radius 3 is 2.59 bits per heavy atom. The summed E-state index contributed by atoms with van der Waals surface area (Å²) >= 11 is 0. The summed E-state index contributed by atoms with van der Waals surface area (Å²) in [7, 11) is 0. The number of ether oxygens (including phenoxy) is 2. The van der Waals surface area contributed by atoms with Gasteiger partial charge in [-0.2, -0.15) is 0 Å². The van der Waals surface area contributed by atoms with E-state index in [-0.39, 0.29) is 17.9 Å². The number of benzene rings is 1. The molecule has 1 N–H and O–H groups in total. The van der Waals surface area contributed by atoms with Crippen LogP contribution in [0.4, 0.5) is 4.79 Å². The average Bonchev–Trinajstić information content (AvgIpc) is 2.71. The first kappa shape index (κ1) is 19.5. The van der Waals surface area contributed by atoms with E-state index >= 15 is 0 Å². The van der Waals surface area contributed by atoms with Crippen LogP contribution in [0.2, 0.25) is 0 Å². The largest absolute Gasteiger partial charge is 0.492 e. The third-order valence-corrected chi connectivity index (χ3v) is 5.09. The summed E-state index contributed by atoms with van der Waals surface area (Å²) in [6.07, 6.45) is 1.45. The van der Waals surface area contributed by atoms with Crippen molar-refractivity contribution >= 4 is 11.9 Å². The number of carbonyl (C=O) groups is 2. The Morgan fingerprint density at radius 1 is 1.15 bits per heavy atom. The second-order valence-electron chi connectivity index (χ2n) is 7.10. The van der Waals surface area contributed by atoms with E-state index in [9.17, 15) is 9.59 Å². The van der Waals surface area contributed by atoms with E-state index in [0.29, 0.717) is 52.5 Å². The van der Waals surface area contributed by atoms with E-state index in [1.54, 1.807) is 4.90 Å². The van der Waals surface area contributed by atoms with Crippen molar-refractivity contribution in [1.82, 2.24) is 15.1 Å². The van der Waals surface area contributed by atoms with Crippen LogP contribution < -0.4 is 10.1 Å². The van der Waals surface area contributed by atoms with Crippen LogP contribution in [0.15, 0.2) is 24.3 Å². The molecule has 0 aromatic heterocycles. The fourth-order valence-electron chi connectivity index (χ4n) is 3.52. The Bertz CT molecular complexity index is 638. The highest BCUT2D eigenvalue weighted by Crippen LogP contribution is 2.20. The molecule has 0 bridgehead atoms. The number of hydrogen-bond donors (Lipinski definition) is 1. The molecule has 0 aliphatic carbocycles. The zero-order valence-electron chi connectivity index (χ0n) is 16.0. The summed E-state index contributed by atoms with van der Waals surface area (Å²) in [5.41, 5.74) is 1.14. The van der Waals surface area contributed by atoms with Gasteiger partial charge in [0.1, 0.15) is 12.4 Å². The minimum absolute atomic E-state index is 0.0248. The summed E-state index contributed by atoms with van der Waals surface area (Å²) in [5, 5.41) is 2.89. The van der Waals surface area contributed by atoms with E-state index in [1.807, 2.05) is 36.1 Å². The number of amides is 3. The topological polar surface area (TPSA) is 71.1 Å². The van der Waals surface area contributed by atoms with Crippen LogP contribution in [0.3, 0.4) is 0 Å². The van der Waals surface area contributed by atoms with E-state index in [2.05, 4.69) is 5.32 Å². The van der Waals surface area contributed by atoms with E-state index in [1.165, 1.54) is 0 Å². The molecule has 0 unspecified atom stereocenters. The highest BCUT2D eigenvalue weighted by Gasteiger charge is 2.30. The maximum atomic E-state index is 12.5. The van der Waals surface area contributed by atoms with Crippen LogP contribution in [0.5, 0.6) is 5.75 Å². The molecule has 2 saturated heterocycles. The van der Waals surface area contributed by atoms with Crippen LogP contribution in [0.1, 0.15) is 18.4 Å². The van der Waals surface area contributed by atoms with Gasteiger partial charge < -0.3 is 24.6 Å². The second kappa shape index (κ2) is 9.60. The molecule has 7 heteroatoms. The Labute approximate surface area is 160 Å². The maximum Gasteiger partial charge on any atom is 0.317 e. The van der Waals surface area contributed by atoms with Crippen LogP contribution >= 0.6 is 0 Å². The quantitative estimate of drug-likeness (QED) is 0.795. The van der Waals surface area contributed by atoms with Gasteiger partial charge in [-0.15, -0.1) is 0 Å². The predicted molar refractivity (Wildman–Crippen MR) is 102 cm³/mol. The number of urea groups is 1. The van der Waals surface area contributed by atoms with Gasteiger partial charge in [-0.1, -0.05) is 12.1 Å². The number of morpholine rings is 1. The zero-order chi connectivity index (χ0) is 19.1. The molecule has 3 rings (SSSR count). The smallest absolute Gasteiger partial charge is 0.317 e. The molecule has 148 valence electrons. The third kappa shape index (κ3) is 5.60. The number of piperidine rings is 1. The van der Waals surface area contributed by atoms with Gasteiger partial charge in [0.15, 0.2) is 0 Å². The average molecular weight is 375 g/mol. The summed E-state index contributed by atoms with van der Waals surface area (Å²) in [6, 6.07) is 7.76. The molecule has 3 amide bonds. The monoisotopic (exact) mass is 375 g/mol. The van der Waals surface area contributed by atoms with Gasteiger partial charge in [-0.25, -0.2) is 4.79 Å². The van der Waals surface area contributed by atoms with E-state index in [4.69, 9.17) is 9.47 Å². The maximum absolute atomic E-state index is 12.5. The SMILES string of the molecule is Cc1cccc(OCCNC(=O)N2CCC(C(=O)N3CCOCC3)CC2)c1. The number of rotatable bonds is 5. The second-order valence-corrected chi connectivity index (χ2v) is 7.10. The summed E-state index contributed by atoms with van der Waals surface area (Å²) in [4.78, 5) is 28.5. The fourth-order valence-corrected chi connectivity index (χ4v) is 3.52. The normalized spacial score (nSPS) is 18.3. The molecule has 0 saturated carbocycles. The Hall–Kier alpha value is -2.28. The van der Waals surface area contributed by atoms with Gasteiger partial charge >= 0.3 is 6.03 Å². The minimum atomic E-state index is -0.0832. The first-order valence-corrected chi connectivity index (χ1v) is 9.72. The van der Waals surface area contributed by atoms with Gasteiger partial charge in [0.25, 0.3) is 0 Å². The Morgan fingerprint density at radius 2 is 1.89 bits per heavy atom. The fraction of sp³-hybridized carbons (Fsp3) is 0.600. The van der Waals surface area contributed by atoms with Crippen LogP contribution in [0.25, 0.3) is 0 Å². The van der Waals surface area contributed by atoms with Crippen molar-refractivity contribution in [3.05, 3.63) is 29.8 Å². The number of nitrogens with zero attached hydrogens (tertiary/aromatic N) is 2. The standard InChI is InChI=1S/C20H29N3O4/c1-16-3-2-4-18(15-16)27-12-7-21-20(25)23-8-5-17(6-9-23)19(24)22-10-13-26-14-11-22/h2-4,15,17H,5-14H2,1H3,(H,21,25). The number of nitrogens with one attached hydrogen (secondary N) is 1. The van der Waals surface area contributed by atoms with Crippen LogP contribution in [0, 0.1) is 12.8 Å².